The maximum Gasteiger partial charge on any atom is 0.307 e. The standard InChI is InChI=1S/C8H11N3O3/c1-6(3-7(2)12)10-5-8(4-9-10)11(13)14/h4-6H,3H2,1-2H3. The van der Waals surface area contributed by atoms with E-state index in [2.05, 4.69) is 5.10 Å². The molecule has 1 rings (SSSR count). The molecule has 0 bridgehead atoms. The summed E-state index contributed by atoms with van der Waals surface area (Å²) in [5, 5.41) is 14.2. The van der Waals surface area contributed by atoms with E-state index >= 15 is 0 Å². The SMILES string of the molecule is CC(=O)CC(C)n1cc([N+](=O)[O-])cn1. The molecule has 1 atom stereocenters. The summed E-state index contributed by atoms with van der Waals surface area (Å²) in [5.41, 5.74) is -0.0552. The van der Waals surface area contributed by atoms with Gasteiger partial charge in [0.1, 0.15) is 18.2 Å². The third-order valence-corrected chi connectivity index (χ3v) is 1.83. The molecule has 0 amide bonds. The van der Waals surface area contributed by atoms with E-state index in [1.165, 1.54) is 24.0 Å². The van der Waals surface area contributed by atoms with Crippen LogP contribution in [0.1, 0.15) is 26.3 Å². The molecule has 0 saturated carbocycles. The first kappa shape index (κ1) is 10.4. The summed E-state index contributed by atoms with van der Waals surface area (Å²) in [6, 6.07) is -0.138. The van der Waals surface area contributed by atoms with Crippen LogP contribution in [0.3, 0.4) is 0 Å². The zero-order chi connectivity index (χ0) is 10.7. The lowest BCUT2D eigenvalue weighted by Crippen LogP contribution is -2.09. The average molecular weight is 197 g/mol. The van der Waals surface area contributed by atoms with Crippen LogP contribution in [0.25, 0.3) is 0 Å². The first-order valence-corrected chi connectivity index (χ1v) is 4.18. The lowest BCUT2D eigenvalue weighted by Gasteiger charge is -2.08. The van der Waals surface area contributed by atoms with Gasteiger partial charge >= 0.3 is 5.69 Å². The van der Waals surface area contributed by atoms with Crippen molar-refractivity contribution < 1.29 is 9.72 Å². The normalized spacial score (nSPS) is 12.4. The van der Waals surface area contributed by atoms with Crippen LogP contribution in [0.5, 0.6) is 0 Å². The smallest absolute Gasteiger partial charge is 0.300 e. The molecule has 6 heteroatoms. The molecule has 14 heavy (non-hydrogen) atoms. The van der Waals surface area contributed by atoms with E-state index in [-0.39, 0.29) is 17.5 Å². The monoisotopic (exact) mass is 197 g/mol. The summed E-state index contributed by atoms with van der Waals surface area (Å²) in [6.07, 6.45) is 2.84. The molecule has 0 fully saturated rings. The molecular weight excluding hydrogens is 186 g/mol. The Labute approximate surface area is 80.7 Å². The number of nitrogens with zero attached hydrogens (tertiary/aromatic N) is 3. The fourth-order valence-electron chi connectivity index (χ4n) is 1.17. The Kier molecular flexibility index (Phi) is 2.95. The van der Waals surface area contributed by atoms with Crippen LogP contribution in [0.2, 0.25) is 0 Å². The van der Waals surface area contributed by atoms with E-state index in [9.17, 15) is 14.9 Å². The molecule has 0 aliphatic carbocycles. The predicted octanol–water partition coefficient (Wildman–Crippen LogP) is 1.33. The molecule has 76 valence electrons. The summed E-state index contributed by atoms with van der Waals surface area (Å²) in [7, 11) is 0. The predicted molar refractivity (Wildman–Crippen MR) is 48.9 cm³/mol. The van der Waals surface area contributed by atoms with Crippen LogP contribution in [0.15, 0.2) is 12.4 Å². The minimum Gasteiger partial charge on any atom is -0.300 e. The van der Waals surface area contributed by atoms with Crippen molar-refractivity contribution in [1.29, 1.82) is 0 Å². The van der Waals surface area contributed by atoms with Crippen molar-refractivity contribution in [2.45, 2.75) is 26.3 Å². The van der Waals surface area contributed by atoms with Crippen LogP contribution in [-0.4, -0.2) is 20.5 Å². The number of hydrogen-bond acceptors (Lipinski definition) is 4. The number of rotatable bonds is 4. The van der Waals surface area contributed by atoms with E-state index in [1.54, 1.807) is 6.92 Å². The molecule has 0 aromatic carbocycles. The van der Waals surface area contributed by atoms with Gasteiger partial charge in [0, 0.05) is 6.42 Å². The molecule has 0 aliphatic heterocycles. The van der Waals surface area contributed by atoms with Gasteiger partial charge in [-0.05, 0) is 13.8 Å². The lowest BCUT2D eigenvalue weighted by molar-refractivity contribution is -0.385. The molecule has 1 unspecified atom stereocenters. The van der Waals surface area contributed by atoms with Gasteiger partial charge in [0.15, 0.2) is 0 Å². The minimum atomic E-state index is -0.510. The van der Waals surface area contributed by atoms with E-state index in [0.29, 0.717) is 6.42 Å². The number of ketones is 1. The summed E-state index contributed by atoms with van der Waals surface area (Å²) in [4.78, 5) is 20.6. The Balaban J connectivity index is 2.76. The Morgan fingerprint density at radius 1 is 1.79 bits per heavy atom. The number of Topliss-reactive ketones (excluding diaryl/α,β-unsaturated/α-hetero) is 1. The van der Waals surface area contributed by atoms with Crippen LogP contribution in [-0.2, 0) is 4.79 Å². The van der Waals surface area contributed by atoms with Crippen molar-refractivity contribution >= 4 is 11.5 Å². The second-order valence-electron chi connectivity index (χ2n) is 3.19. The first-order chi connectivity index (χ1) is 6.50. The van der Waals surface area contributed by atoms with Gasteiger partial charge in [0.05, 0.1) is 11.0 Å². The highest BCUT2D eigenvalue weighted by molar-refractivity contribution is 5.75. The molecule has 1 heterocycles. The van der Waals surface area contributed by atoms with E-state index in [1.807, 2.05) is 0 Å². The highest BCUT2D eigenvalue weighted by Crippen LogP contribution is 2.15. The third-order valence-electron chi connectivity index (χ3n) is 1.83. The van der Waals surface area contributed by atoms with Gasteiger partial charge in [-0.3, -0.25) is 19.6 Å². The molecule has 0 spiro atoms. The lowest BCUT2D eigenvalue weighted by atomic mass is 10.2. The minimum absolute atomic E-state index is 0.0376. The van der Waals surface area contributed by atoms with Gasteiger partial charge in [0.2, 0.25) is 0 Å². The molecule has 0 N–H and O–H groups in total. The van der Waals surface area contributed by atoms with Gasteiger partial charge in [-0.1, -0.05) is 0 Å². The van der Waals surface area contributed by atoms with Crippen LogP contribution in [0.4, 0.5) is 5.69 Å². The van der Waals surface area contributed by atoms with Crippen molar-refractivity contribution in [3.05, 3.63) is 22.5 Å². The number of carbonyl (C=O) groups is 1. The molecular formula is C8H11N3O3. The highest BCUT2D eigenvalue weighted by Gasteiger charge is 2.13. The molecule has 0 saturated heterocycles. The van der Waals surface area contributed by atoms with Crippen LogP contribution in [0, 0.1) is 10.1 Å². The molecule has 1 aromatic heterocycles. The Morgan fingerprint density at radius 3 is 2.86 bits per heavy atom. The van der Waals surface area contributed by atoms with Gasteiger partial charge in [-0.15, -0.1) is 0 Å². The first-order valence-electron chi connectivity index (χ1n) is 4.18. The Hall–Kier alpha value is -1.72. The van der Waals surface area contributed by atoms with Gasteiger partial charge in [-0.25, -0.2) is 0 Å². The van der Waals surface area contributed by atoms with Gasteiger partial charge in [0.25, 0.3) is 0 Å². The third kappa shape index (κ3) is 2.38. The Morgan fingerprint density at radius 2 is 2.43 bits per heavy atom. The van der Waals surface area contributed by atoms with E-state index < -0.39 is 4.92 Å². The van der Waals surface area contributed by atoms with Crippen LogP contribution < -0.4 is 0 Å². The topological polar surface area (TPSA) is 78.0 Å². The molecule has 0 radical (unpaired) electrons. The van der Waals surface area contributed by atoms with Crippen LogP contribution >= 0.6 is 0 Å². The van der Waals surface area contributed by atoms with Crippen molar-refractivity contribution in [1.82, 2.24) is 9.78 Å². The summed E-state index contributed by atoms with van der Waals surface area (Å²) in [6.45, 7) is 3.27. The number of carbonyl (C=O) groups excluding carboxylic acids is 1. The fourth-order valence-corrected chi connectivity index (χ4v) is 1.17. The Bertz CT molecular complexity index is 358. The second-order valence-corrected chi connectivity index (χ2v) is 3.19. The maximum atomic E-state index is 10.8. The second kappa shape index (κ2) is 3.99. The van der Waals surface area contributed by atoms with E-state index in [0.717, 1.165) is 0 Å². The molecule has 0 aliphatic rings. The number of nitro groups is 1. The van der Waals surface area contributed by atoms with Gasteiger partial charge < -0.3 is 0 Å². The zero-order valence-corrected chi connectivity index (χ0v) is 8.01. The maximum absolute atomic E-state index is 10.8. The quantitative estimate of drug-likeness (QED) is 0.538. The molecule has 1 aromatic rings. The number of aromatic nitrogens is 2. The van der Waals surface area contributed by atoms with Crippen molar-refractivity contribution in [2.24, 2.45) is 0 Å². The largest absolute Gasteiger partial charge is 0.307 e. The fraction of sp³-hybridized carbons (Fsp3) is 0.500. The zero-order valence-electron chi connectivity index (χ0n) is 8.01. The van der Waals surface area contributed by atoms with E-state index in [4.69, 9.17) is 0 Å². The van der Waals surface area contributed by atoms with Crippen molar-refractivity contribution in [3.63, 3.8) is 0 Å². The average Bonchev–Trinajstić information content (AvgIpc) is 2.50. The summed E-state index contributed by atoms with van der Waals surface area (Å²) >= 11 is 0. The van der Waals surface area contributed by atoms with Crippen molar-refractivity contribution in [2.75, 3.05) is 0 Å². The molecule has 6 nitrogen and oxygen atoms in total. The number of hydrogen-bond donors (Lipinski definition) is 0. The highest BCUT2D eigenvalue weighted by atomic mass is 16.6. The summed E-state index contributed by atoms with van der Waals surface area (Å²) in [5.74, 6) is 0.0376. The van der Waals surface area contributed by atoms with Gasteiger partial charge in [-0.2, -0.15) is 5.10 Å². The van der Waals surface area contributed by atoms with Crippen molar-refractivity contribution in [3.8, 4) is 0 Å². The summed E-state index contributed by atoms with van der Waals surface area (Å²) < 4.78 is 1.43.